The van der Waals surface area contributed by atoms with Crippen LogP contribution in [0.5, 0.6) is 11.5 Å². The summed E-state index contributed by atoms with van der Waals surface area (Å²) in [6.07, 6.45) is 3.74. The summed E-state index contributed by atoms with van der Waals surface area (Å²) in [5.41, 5.74) is 2.14. The highest BCUT2D eigenvalue weighted by atomic mass is 32.2. The Morgan fingerprint density at radius 1 is 1.19 bits per heavy atom. The Labute approximate surface area is 128 Å². The summed E-state index contributed by atoms with van der Waals surface area (Å²) in [5.74, 6) is 1.67. The van der Waals surface area contributed by atoms with Gasteiger partial charge in [-0.1, -0.05) is 0 Å². The highest BCUT2D eigenvalue weighted by molar-refractivity contribution is 7.98. The lowest BCUT2D eigenvalue weighted by molar-refractivity contribution is 0.171. The first-order valence-electron chi connectivity index (χ1n) is 6.80. The molecule has 0 aliphatic carbocycles. The normalized spacial score (nSPS) is 13.2. The lowest BCUT2D eigenvalue weighted by atomic mass is 10.2. The number of rotatable bonds is 5. The third-order valence-corrected chi connectivity index (χ3v) is 4.01. The number of hydrogen-bond donors (Lipinski definition) is 1. The van der Waals surface area contributed by atoms with Crippen LogP contribution in [0.15, 0.2) is 35.4 Å². The topological polar surface area (TPSA) is 56.3 Å². The first-order chi connectivity index (χ1) is 10.4. The zero-order chi connectivity index (χ0) is 14.5. The van der Waals surface area contributed by atoms with Gasteiger partial charge in [-0.3, -0.25) is 0 Å². The monoisotopic (exact) mass is 303 g/mol. The van der Waals surface area contributed by atoms with Crippen molar-refractivity contribution in [2.24, 2.45) is 0 Å². The molecule has 1 N–H and O–H groups in total. The van der Waals surface area contributed by atoms with Gasteiger partial charge in [0.1, 0.15) is 13.2 Å². The fraction of sp³-hybridized carbons (Fsp3) is 0.333. The third-order valence-electron chi connectivity index (χ3n) is 3.19. The standard InChI is InChI=1S/C15H17N3O2S/c1-21-15-8-14-13(19-5-6-20-14)7-11(15)9-16-10-12-3-2-4-17-18-12/h2-4,7-8,16H,5-6,9-10H2,1H3. The smallest absolute Gasteiger partial charge is 0.162 e. The maximum atomic E-state index is 5.64. The summed E-state index contributed by atoms with van der Waals surface area (Å²) < 4.78 is 11.3. The number of thioether (sulfide) groups is 1. The molecule has 2 heterocycles. The molecule has 1 aromatic carbocycles. The van der Waals surface area contributed by atoms with Crippen LogP contribution in [0.2, 0.25) is 0 Å². The Morgan fingerprint density at radius 2 is 2.00 bits per heavy atom. The molecule has 0 saturated carbocycles. The van der Waals surface area contributed by atoms with Gasteiger partial charge in [0.2, 0.25) is 0 Å². The minimum absolute atomic E-state index is 0.609. The highest BCUT2D eigenvalue weighted by Crippen LogP contribution is 2.36. The molecule has 1 aliphatic rings. The van der Waals surface area contributed by atoms with E-state index < -0.39 is 0 Å². The fourth-order valence-electron chi connectivity index (χ4n) is 2.19. The van der Waals surface area contributed by atoms with Gasteiger partial charge in [-0.25, -0.2) is 0 Å². The van der Waals surface area contributed by atoms with Crippen LogP contribution in [-0.4, -0.2) is 29.7 Å². The number of nitrogens with zero attached hydrogens (tertiary/aromatic N) is 2. The highest BCUT2D eigenvalue weighted by Gasteiger charge is 2.15. The molecule has 0 radical (unpaired) electrons. The van der Waals surface area contributed by atoms with Crippen molar-refractivity contribution in [1.29, 1.82) is 0 Å². The van der Waals surface area contributed by atoms with Crippen LogP contribution in [0, 0.1) is 0 Å². The minimum Gasteiger partial charge on any atom is -0.486 e. The van der Waals surface area contributed by atoms with Crippen LogP contribution < -0.4 is 14.8 Å². The molecular formula is C15H17N3O2S. The predicted octanol–water partition coefficient (Wildman–Crippen LogP) is 2.26. The van der Waals surface area contributed by atoms with Crippen LogP contribution in [0.25, 0.3) is 0 Å². The van der Waals surface area contributed by atoms with Crippen LogP contribution in [0.3, 0.4) is 0 Å². The van der Waals surface area contributed by atoms with E-state index in [1.807, 2.05) is 12.1 Å². The SMILES string of the molecule is CSc1cc2c(cc1CNCc1cccnn1)OCCO2. The number of benzene rings is 1. The average Bonchev–Trinajstić information content (AvgIpc) is 2.55. The van der Waals surface area contributed by atoms with E-state index in [2.05, 4.69) is 33.9 Å². The summed E-state index contributed by atoms with van der Waals surface area (Å²) in [4.78, 5) is 1.20. The minimum atomic E-state index is 0.609. The molecule has 2 aromatic rings. The summed E-state index contributed by atoms with van der Waals surface area (Å²) in [6, 6.07) is 7.96. The van der Waals surface area contributed by atoms with Gasteiger partial charge in [-0.15, -0.1) is 11.8 Å². The van der Waals surface area contributed by atoms with Crippen molar-refractivity contribution >= 4 is 11.8 Å². The number of nitrogens with one attached hydrogen (secondary N) is 1. The van der Waals surface area contributed by atoms with E-state index in [4.69, 9.17) is 9.47 Å². The molecule has 0 fully saturated rings. The Balaban J connectivity index is 1.69. The van der Waals surface area contributed by atoms with Gasteiger partial charge in [0, 0.05) is 24.2 Å². The van der Waals surface area contributed by atoms with E-state index >= 15 is 0 Å². The maximum Gasteiger partial charge on any atom is 0.162 e. The summed E-state index contributed by atoms with van der Waals surface area (Å²) in [7, 11) is 0. The van der Waals surface area contributed by atoms with Crippen molar-refractivity contribution in [2.75, 3.05) is 19.5 Å². The van der Waals surface area contributed by atoms with Gasteiger partial charge in [0.25, 0.3) is 0 Å². The third kappa shape index (κ3) is 3.46. The first kappa shape index (κ1) is 14.2. The quantitative estimate of drug-likeness (QED) is 0.855. The van der Waals surface area contributed by atoms with E-state index in [-0.39, 0.29) is 0 Å². The average molecular weight is 303 g/mol. The number of hydrogen-bond acceptors (Lipinski definition) is 6. The lowest BCUT2D eigenvalue weighted by Gasteiger charge is -2.20. The molecule has 6 heteroatoms. The zero-order valence-electron chi connectivity index (χ0n) is 11.8. The molecule has 5 nitrogen and oxygen atoms in total. The van der Waals surface area contributed by atoms with Gasteiger partial charge >= 0.3 is 0 Å². The summed E-state index contributed by atoms with van der Waals surface area (Å²) >= 11 is 1.71. The van der Waals surface area contributed by atoms with Crippen LogP contribution >= 0.6 is 11.8 Å². The van der Waals surface area contributed by atoms with Gasteiger partial charge in [0.05, 0.1) is 5.69 Å². The molecule has 0 spiro atoms. The summed E-state index contributed by atoms with van der Waals surface area (Å²) in [6.45, 7) is 2.67. The Bertz CT molecular complexity index is 607. The van der Waals surface area contributed by atoms with E-state index in [0.29, 0.717) is 19.8 Å². The molecule has 1 aliphatic heterocycles. The van der Waals surface area contributed by atoms with Gasteiger partial charge in [-0.05, 0) is 36.1 Å². The molecule has 110 valence electrons. The van der Waals surface area contributed by atoms with Crippen molar-refractivity contribution in [3.8, 4) is 11.5 Å². The largest absolute Gasteiger partial charge is 0.486 e. The van der Waals surface area contributed by atoms with Crippen molar-refractivity contribution in [1.82, 2.24) is 15.5 Å². The van der Waals surface area contributed by atoms with Crippen molar-refractivity contribution in [3.63, 3.8) is 0 Å². The molecular weight excluding hydrogens is 286 g/mol. The second kappa shape index (κ2) is 6.78. The second-order valence-corrected chi connectivity index (χ2v) is 5.47. The molecule has 0 unspecified atom stereocenters. The number of aromatic nitrogens is 2. The Kier molecular flexibility index (Phi) is 4.57. The molecule has 0 amide bonds. The Hall–Kier alpha value is -1.79. The summed E-state index contributed by atoms with van der Waals surface area (Å²) in [5, 5.41) is 11.3. The number of ether oxygens (including phenoxy) is 2. The Morgan fingerprint density at radius 3 is 2.71 bits per heavy atom. The molecule has 3 rings (SSSR count). The molecule has 0 saturated heterocycles. The van der Waals surface area contributed by atoms with E-state index in [1.54, 1.807) is 18.0 Å². The second-order valence-electron chi connectivity index (χ2n) is 4.63. The van der Waals surface area contributed by atoms with Gasteiger partial charge in [-0.2, -0.15) is 10.2 Å². The van der Waals surface area contributed by atoms with E-state index in [0.717, 1.165) is 23.7 Å². The van der Waals surface area contributed by atoms with Crippen molar-refractivity contribution in [3.05, 3.63) is 41.7 Å². The zero-order valence-corrected chi connectivity index (χ0v) is 12.7. The van der Waals surface area contributed by atoms with Gasteiger partial charge in [0.15, 0.2) is 11.5 Å². The lowest BCUT2D eigenvalue weighted by Crippen LogP contribution is -2.17. The predicted molar refractivity (Wildman–Crippen MR) is 81.8 cm³/mol. The maximum absolute atomic E-state index is 5.64. The first-order valence-corrected chi connectivity index (χ1v) is 8.03. The van der Waals surface area contributed by atoms with E-state index in [9.17, 15) is 0 Å². The molecule has 21 heavy (non-hydrogen) atoms. The fourth-order valence-corrected chi connectivity index (χ4v) is 2.81. The molecule has 0 atom stereocenters. The molecule has 0 bridgehead atoms. The molecule has 1 aromatic heterocycles. The van der Waals surface area contributed by atoms with Gasteiger partial charge < -0.3 is 14.8 Å². The van der Waals surface area contributed by atoms with Crippen LogP contribution in [0.4, 0.5) is 0 Å². The van der Waals surface area contributed by atoms with E-state index in [1.165, 1.54) is 10.5 Å². The van der Waals surface area contributed by atoms with Crippen LogP contribution in [-0.2, 0) is 13.1 Å². The van der Waals surface area contributed by atoms with Crippen molar-refractivity contribution in [2.45, 2.75) is 18.0 Å². The van der Waals surface area contributed by atoms with Crippen molar-refractivity contribution < 1.29 is 9.47 Å². The van der Waals surface area contributed by atoms with Crippen LogP contribution in [0.1, 0.15) is 11.3 Å². The number of fused-ring (bicyclic) bond motifs is 1.